The number of carbonyl (C=O) groups excluding carboxylic acids is 1. The summed E-state index contributed by atoms with van der Waals surface area (Å²) in [5.74, 6) is -0.228. The molecule has 3 rings (SSSR count). The lowest BCUT2D eigenvalue weighted by Crippen LogP contribution is -2.51. The highest BCUT2D eigenvalue weighted by Crippen LogP contribution is 2.37. The summed E-state index contributed by atoms with van der Waals surface area (Å²) in [6.07, 6.45) is 0. The van der Waals surface area contributed by atoms with Gasteiger partial charge in [0, 0.05) is 48.9 Å². The van der Waals surface area contributed by atoms with Crippen LogP contribution >= 0.6 is 11.3 Å². The highest BCUT2D eigenvalue weighted by atomic mass is 32.1. The molecule has 1 aliphatic rings. The van der Waals surface area contributed by atoms with Gasteiger partial charge in [-0.15, -0.1) is 11.3 Å². The molecule has 0 saturated carbocycles. The number of methoxy groups -OCH3 is 1. The normalized spacial score (nSPS) is 15.6. The van der Waals surface area contributed by atoms with E-state index in [1.165, 1.54) is 12.0 Å². The lowest BCUT2D eigenvalue weighted by atomic mass is 10.1. The number of para-hydroxylation sites is 2. The molecule has 2 aromatic rings. The second kappa shape index (κ2) is 9.97. The van der Waals surface area contributed by atoms with Crippen molar-refractivity contribution in [1.29, 1.82) is 0 Å². The molecule has 0 radical (unpaired) electrons. The van der Waals surface area contributed by atoms with Crippen LogP contribution in [0.2, 0.25) is 0 Å². The first-order valence-electron chi connectivity index (χ1n) is 10.1. The molecule has 162 valence electrons. The number of hydrogen-bond donors (Lipinski definition) is 3. The number of likely N-dealkylation sites (N-methyl/N-ethyl adjacent to an activating group) is 1. The van der Waals surface area contributed by atoms with E-state index in [1.807, 2.05) is 24.3 Å². The van der Waals surface area contributed by atoms with Crippen LogP contribution < -0.4 is 16.4 Å². The molecule has 1 fully saturated rings. The van der Waals surface area contributed by atoms with E-state index in [-0.39, 0.29) is 12.0 Å². The van der Waals surface area contributed by atoms with Crippen molar-refractivity contribution in [3.8, 4) is 0 Å². The minimum atomic E-state index is -0.309. The number of rotatable bonds is 8. The fraction of sp³-hybridized carbons (Fsp3) is 0.409. The second-order valence-corrected chi connectivity index (χ2v) is 8.67. The van der Waals surface area contributed by atoms with Gasteiger partial charge in [0.25, 0.3) is 0 Å². The lowest BCUT2D eigenvalue weighted by molar-refractivity contribution is -0.143. The Kier molecular flexibility index (Phi) is 7.36. The quantitative estimate of drug-likeness (QED) is 0.440. The Morgan fingerprint density at radius 3 is 2.63 bits per heavy atom. The van der Waals surface area contributed by atoms with Crippen LogP contribution in [0.3, 0.4) is 0 Å². The summed E-state index contributed by atoms with van der Waals surface area (Å²) in [6, 6.07) is 9.64. The molecule has 4 N–H and O–H groups in total. The van der Waals surface area contributed by atoms with Gasteiger partial charge < -0.3 is 26.0 Å². The minimum Gasteiger partial charge on any atom is -0.468 e. The number of nitrogens with zero attached hydrogens (tertiary/aromatic N) is 2. The molecule has 1 saturated heterocycles. The van der Waals surface area contributed by atoms with Crippen LogP contribution in [0.25, 0.3) is 5.70 Å². The van der Waals surface area contributed by atoms with E-state index in [1.54, 1.807) is 18.4 Å². The third kappa shape index (κ3) is 5.13. The Balaban J connectivity index is 1.64. The van der Waals surface area contributed by atoms with Crippen molar-refractivity contribution in [1.82, 2.24) is 15.1 Å². The number of anilines is 3. The lowest BCUT2D eigenvalue weighted by Gasteiger charge is -2.38. The molecule has 0 bridgehead atoms. The van der Waals surface area contributed by atoms with Gasteiger partial charge in [-0.1, -0.05) is 18.7 Å². The Morgan fingerprint density at radius 1 is 1.30 bits per heavy atom. The van der Waals surface area contributed by atoms with Crippen molar-refractivity contribution in [3.05, 3.63) is 47.4 Å². The smallest absolute Gasteiger partial charge is 0.324 e. The Bertz CT molecular complexity index is 889. The van der Waals surface area contributed by atoms with Crippen LogP contribution in [0.4, 0.5) is 16.4 Å². The largest absolute Gasteiger partial charge is 0.468 e. The number of ether oxygens (including phenoxy) is 1. The topological polar surface area (TPSA) is 82.9 Å². The van der Waals surface area contributed by atoms with E-state index in [0.29, 0.717) is 6.54 Å². The third-order valence-corrected chi connectivity index (χ3v) is 6.37. The number of piperazine rings is 1. The van der Waals surface area contributed by atoms with Gasteiger partial charge >= 0.3 is 5.97 Å². The molecule has 1 aliphatic heterocycles. The van der Waals surface area contributed by atoms with Crippen molar-refractivity contribution < 1.29 is 9.53 Å². The third-order valence-electron chi connectivity index (χ3n) is 5.40. The number of nitrogens with two attached hydrogens (primary N) is 1. The number of nitrogens with one attached hydrogen (secondary N) is 2. The van der Waals surface area contributed by atoms with Gasteiger partial charge in [-0.2, -0.15) is 0 Å². The van der Waals surface area contributed by atoms with Crippen LogP contribution in [-0.4, -0.2) is 68.7 Å². The first-order valence-corrected chi connectivity index (χ1v) is 10.9. The first kappa shape index (κ1) is 22.1. The zero-order valence-corrected chi connectivity index (χ0v) is 18.7. The summed E-state index contributed by atoms with van der Waals surface area (Å²) in [6.45, 7) is 10.6. The molecule has 1 aromatic carbocycles. The summed E-state index contributed by atoms with van der Waals surface area (Å²) in [7, 11) is 3.21. The molecule has 2 heterocycles. The molecule has 1 atom stereocenters. The van der Waals surface area contributed by atoms with Gasteiger partial charge in [-0.3, -0.25) is 9.69 Å². The highest BCUT2D eigenvalue weighted by molar-refractivity contribution is 7.16. The summed E-state index contributed by atoms with van der Waals surface area (Å²) >= 11 is 1.70. The van der Waals surface area contributed by atoms with Crippen molar-refractivity contribution in [2.75, 3.05) is 57.9 Å². The van der Waals surface area contributed by atoms with E-state index in [0.717, 1.165) is 53.8 Å². The maximum Gasteiger partial charge on any atom is 0.324 e. The van der Waals surface area contributed by atoms with Crippen LogP contribution in [0, 0.1) is 6.92 Å². The van der Waals surface area contributed by atoms with E-state index in [4.69, 9.17) is 10.5 Å². The van der Waals surface area contributed by atoms with E-state index in [2.05, 4.69) is 40.0 Å². The average molecular weight is 430 g/mol. The van der Waals surface area contributed by atoms with Crippen LogP contribution in [-0.2, 0) is 9.53 Å². The summed E-state index contributed by atoms with van der Waals surface area (Å²) in [5, 5.41) is 7.57. The maximum absolute atomic E-state index is 11.8. The monoisotopic (exact) mass is 429 g/mol. The van der Waals surface area contributed by atoms with Crippen molar-refractivity contribution in [2.45, 2.75) is 13.0 Å². The van der Waals surface area contributed by atoms with E-state index >= 15 is 0 Å². The highest BCUT2D eigenvalue weighted by Gasteiger charge is 2.25. The molecular weight excluding hydrogens is 398 g/mol. The Morgan fingerprint density at radius 2 is 2.00 bits per heavy atom. The van der Waals surface area contributed by atoms with Crippen molar-refractivity contribution >= 4 is 39.4 Å². The molecule has 0 aliphatic carbocycles. The molecule has 1 unspecified atom stereocenters. The molecule has 7 nitrogen and oxygen atoms in total. The Labute approximate surface area is 182 Å². The van der Waals surface area contributed by atoms with Crippen molar-refractivity contribution in [3.63, 3.8) is 0 Å². The van der Waals surface area contributed by atoms with Gasteiger partial charge in [-0.25, -0.2) is 0 Å². The fourth-order valence-corrected chi connectivity index (χ4v) is 4.56. The second-order valence-electron chi connectivity index (χ2n) is 7.41. The number of carbonyl (C=O) groups is 1. The van der Waals surface area contributed by atoms with Crippen molar-refractivity contribution in [2.24, 2.45) is 0 Å². The number of benzene rings is 1. The number of aryl methyl sites for hydroxylation is 1. The van der Waals surface area contributed by atoms with Gasteiger partial charge in [0.2, 0.25) is 0 Å². The average Bonchev–Trinajstić information content (AvgIpc) is 3.13. The maximum atomic E-state index is 11.8. The first-order chi connectivity index (χ1) is 14.4. The zero-order chi connectivity index (χ0) is 21.7. The summed E-state index contributed by atoms with van der Waals surface area (Å²) in [5.41, 5.74) is 9.85. The van der Waals surface area contributed by atoms with Crippen LogP contribution in [0.5, 0.6) is 0 Å². The Hall–Kier alpha value is -2.55. The molecule has 8 heteroatoms. The zero-order valence-electron chi connectivity index (χ0n) is 17.9. The predicted octanol–water partition coefficient (Wildman–Crippen LogP) is 2.73. The molecule has 0 amide bonds. The minimum absolute atomic E-state index is 0.228. The van der Waals surface area contributed by atoms with Crippen LogP contribution in [0.1, 0.15) is 10.4 Å². The van der Waals surface area contributed by atoms with E-state index in [9.17, 15) is 4.79 Å². The van der Waals surface area contributed by atoms with Gasteiger partial charge in [-0.05, 0) is 32.2 Å². The molecular formula is C22H31N5O2S. The van der Waals surface area contributed by atoms with Crippen LogP contribution in [0.15, 0.2) is 36.9 Å². The number of hydrogen-bond acceptors (Lipinski definition) is 8. The standard InChI is InChI=1S/C22H31N5O2S/c1-15-13-17(21(30-15)25-19-8-6-5-7-18(19)23)16(2)27-11-9-26(10-12-27)14-20(24-3)22(28)29-4/h5-8,13,20,24-25H,2,9-12,14,23H2,1,3-4H3. The van der Waals surface area contributed by atoms with Gasteiger partial charge in [0.15, 0.2) is 0 Å². The molecule has 1 aromatic heterocycles. The molecule has 30 heavy (non-hydrogen) atoms. The van der Waals surface area contributed by atoms with E-state index < -0.39 is 0 Å². The fourth-order valence-electron chi connectivity index (χ4n) is 3.61. The number of thiophene rings is 1. The predicted molar refractivity (Wildman–Crippen MR) is 125 cm³/mol. The SMILES string of the molecule is C=C(c1cc(C)sc1Nc1ccccc1N)N1CCN(CC(NC)C(=O)OC)CC1. The molecule has 0 spiro atoms. The number of nitrogen functional groups attached to an aromatic ring is 1. The number of esters is 1. The van der Waals surface area contributed by atoms with Gasteiger partial charge in [0.1, 0.15) is 11.0 Å². The van der Waals surface area contributed by atoms with Gasteiger partial charge in [0.05, 0.1) is 18.5 Å². The summed E-state index contributed by atoms with van der Waals surface area (Å²) < 4.78 is 4.87. The summed E-state index contributed by atoms with van der Waals surface area (Å²) in [4.78, 5) is 17.6.